The zero-order valence-electron chi connectivity index (χ0n) is 12.0. The largest absolute Gasteiger partial charge is 0.396 e. The lowest BCUT2D eigenvalue weighted by Crippen LogP contribution is -2.28. The molecular weight excluding hydrogens is 262 g/mol. The molecule has 110 valence electrons. The Morgan fingerprint density at radius 1 is 1.00 bits per heavy atom. The molecule has 2 N–H and O–H groups in total. The first-order valence-electron chi connectivity index (χ1n) is 7.30. The predicted molar refractivity (Wildman–Crippen MR) is 84.3 cm³/mol. The maximum Gasteiger partial charge on any atom is 0.251 e. The third kappa shape index (κ3) is 4.72. The zero-order chi connectivity index (χ0) is 14.9. The van der Waals surface area contributed by atoms with Crippen LogP contribution in [-0.4, -0.2) is 24.2 Å². The van der Waals surface area contributed by atoms with Gasteiger partial charge in [0.05, 0.1) is 0 Å². The number of hydrogen-bond donors (Lipinski definition) is 2. The summed E-state index contributed by atoms with van der Waals surface area (Å²) in [5.41, 5.74) is 1.87. The molecule has 2 aromatic carbocycles. The summed E-state index contributed by atoms with van der Waals surface area (Å²) in [5, 5.41) is 12.0. The molecule has 0 heterocycles. The van der Waals surface area contributed by atoms with E-state index in [0.717, 1.165) is 12.8 Å². The summed E-state index contributed by atoms with van der Waals surface area (Å²) in [5.74, 6) is 0.173. The molecule has 0 aliphatic heterocycles. The highest BCUT2D eigenvalue weighted by molar-refractivity contribution is 5.94. The topological polar surface area (TPSA) is 49.3 Å². The van der Waals surface area contributed by atoms with E-state index in [1.165, 1.54) is 5.56 Å². The highest BCUT2D eigenvalue weighted by Gasteiger charge is 2.13. The third-order valence-electron chi connectivity index (χ3n) is 3.53. The Labute approximate surface area is 125 Å². The van der Waals surface area contributed by atoms with Crippen LogP contribution in [0.5, 0.6) is 0 Å². The summed E-state index contributed by atoms with van der Waals surface area (Å²) < 4.78 is 0. The van der Waals surface area contributed by atoms with Crippen molar-refractivity contribution in [2.24, 2.45) is 0 Å². The molecule has 2 rings (SSSR count). The van der Waals surface area contributed by atoms with E-state index in [4.69, 9.17) is 5.11 Å². The fraction of sp³-hybridized carbons (Fsp3) is 0.278. The van der Waals surface area contributed by atoms with Crippen molar-refractivity contribution in [1.29, 1.82) is 0 Å². The van der Waals surface area contributed by atoms with E-state index >= 15 is 0 Å². The van der Waals surface area contributed by atoms with Gasteiger partial charge in [0.1, 0.15) is 0 Å². The van der Waals surface area contributed by atoms with Gasteiger partial charge in [-0.2, -0.15) is 0 Å². The molecule has 0 saturated heterocycles. The summed E-state index contributed by atoms with van der Waals surface area (Å²) in [6, 6.07) is 19.3. The van der Waals surface area contributed by atoms with E-state index in [-0.39, 0.29) is 18.4 Å². The number of benzene rings is 2. The van der Waals surface area contributed by atoms with Crippen LogP contribution in [0.25, 0.3) is 0 Å². The van der Waals surface area contributed by atoms with Gasteiger partial charge in [0.15, 0.2) is 0 Å². The van der Waals surface area contributed by atoms with Crippen molar-refractivity contribution < 1.29 is 9.90 Å². The molecule has 0 fully saturated rings. The highest BCUT2D eigenvalue weighted by atomic mass is 16.2. The molecule has 3 heteroatoms. The molecular formula is C18H21NO2. The van der Waals surface area contributed by atoms with Gasteiger partial charge in [0.25, 0.3) is 5.91 Å². The van der Waals surface area contributed by atoms with E-state index < -0.39 is 0 Å². The summed E-state index contributed by atoms with van der Waals surface area (Å²) in [7, 11) is 0. The smallest absolute Gasteiger partial charge is 0.251 e. The molecule has 0 aliphatic carbocycles. The lowest BCUT2D eigenvalue weighted by Gasteiger charge is -2.18. The Morgan fingerprint density at radius 3 is 2.24 bits per heavy atom. The van der Waals surface area contributed by atoms with Gasteiger partial charge in [-0.1, -0.05) is 48.5 Å². The highest BCUT2D eigenvalue weighted by Crippen LogP contribution is 2.20. The third-order valence-corrected chi connectivity index (χ3v) is 3.53. The fourth-order valence-electron chi connectivity index (χ4n) is 2.36. The van der Waals surface area contributed by atoms with Crippen LogP contribution >= 0.6 is 0 Å². The minimum atomic E-state index is -0.0551. The van der Waals surface area contributed by atoms with Crippen molar-refractivity contribution in [2.75, 3.05) is 13.2 Å². The number of carbonyl (C=O) groups excluding carboxylic acids is 1. The van der Waals surface area contributed by atoms with Crippen LogP contribution in [0.2, 0.25) is 0 Å². The number of hydrogen-bond acceptors (Lipinski definition) is 2. The van der Waals surface area contributed by atoms with Crippen LogP contribution in [0.4, 0.5) is 0 Å². The second-order valence-corrected chi connectivity index (χ2v) is 5.05. The molecule has 2 aromatic rings. The quantitative estimate of drug-likeness (QED) is 0.820. The molecule has 3 nitrogen and oxygen atoms in total. The van der Waals surface area contributed by atoms with Gasteiger partial charge in [-0.05, 0) is 30.5 Å². The minimum absolute atomic E-state index is 0.0551. The zero-order valence-corrected chi connectivity index (χ0v) is 12.0. The maximum atomic E-state index is 12.1. The summed E-state index contributed by atoms with van der Waals surface area (Å²) >= 11 is 0. The van der Waals surface area contributed by atoms with Crippen molar-refractivity contribution in [1.82, 2.24) is 5.32 Å². The van der Waals surface area contributed by atoms with Gasteiger partial charge < -0.3 is 10.4 Å². The second-order valence-electron chi connectivity index (χ2n) is 5.05. The molecule has 1 amide bonds. The predicted octanol–water partition coefficient (Wildman–Crippen LogP) is 2.97. The normalized spacial score (nSPS) is 11.9. The van der Waals surface area contributed by atoms with Crippen molar-refractivity contribution in [2.45, 2.75) is 18.8 Å². The van der Waals surface area contributed by atoms with Gasteiger partial charge >= 0.3 is 0 Å². The Kier molecular flexibility index (Phi) is 5.98. The Bertz CT molecular complexity index is 540. The molecule has 0 aliphatic rings. The van der Waals surface area contributed by atoms with Gasteiger partial charge in [0, 0.05) is 24.6 Å². The van der Waals surface area contributed by atoms with Crippen LogP contribution in [0.15, 0.2) is 60.7 Å². The van der Waals surface area contributed by atoms with E-state index in [9.17, 15) is 4.79 Å². The summed E-state index contributed by atoms with van der Waals surface area (Å²) in [6.45, 7) is 0.758. The first kappa shape index (κ1) is 15.3. The van der Waals surface area contributed by atoms with Gasteiger partial charge in [0.2, 0.25) is 0 Å². The lowest BCUT2D eigenvalue weighted by molar-refractivity contribution is 0.0950. The average Bonchev–Trinajstić information content (AvgIpc) is 2.56. The molecule has 21 heavy (non-hydrogen) atoms. The Hall–Kier alpha value is -2.13. The molecule has 0 radical (unpaired) electrons. The van der Waals surface area contributed by atoms with Gasteiger partial charge in [-0.3, -0.25) is 4.79 Å². The average molecular weight is 283 g/mol. The van der Waals surface area contributed by atoms with Crippen LogP contribution in [0.1, 0.15) is 34.7 Å². The lowest BCUT2D eigenvalue weighted by atomic mass is 9.94. The van der Waals surface area contributed by atoms with Crippen molar-refractivity contribution in [3.05, 3.63) is 71.8 Å². The number of amides is 1. The number of carbonyl (C=O) groups is 1. The molecule has 1 unspecified atom stereocenters. The number of rotatable bonds is 7. The Balaban J connectivity index is 1.97. The van der Waals surface area contributed by atoms with Gasteiger partial charge in [-0.15, -0.1) is 0 Å². The van der Waals surface area contributed by atoms with Crippen LogP contribution < -0.4 is 5.32 Å². The van der Waals surface area contributed by atoms with Crippen LogP contribution in [-0.2, 0) is 0 Å². The van der Waals surface area contributed by atoms with E-state index in [2.05, 4.69) is 17.4 Å². The monoisotopic (exact) mass is 283 g/mol. The second kappa shape index (κ2) is 8.22. The maximum absolute atomic E-state index is 12.1. The van der Waals surface area contributed by atoms with Crippen LogP contribution in [0.3, 0.4) is 0 Å². The van der Waals surface area contributed by atoms with Gasteiger partial charge in [-0.25, -0.2) is 0 Å². The van der Waals surface area contributed by atoms with E-state index in [1.807, 2.05) is 36.4 Å². The first-order chi connectivity index (χ1) is 10.3. The van der Waals surface area contributed by atoms with E-state index in [1.54, 1.807) is 12.1 Å². The Morgan fingerprint density at radius 2 is 1.62 bits per heavy atom. The SMILES string of the molecule is O=C(NCC(CCCO)c1ccccc1)c1ccccc1. The fourth-order valence-corrected chi connectivity index (χ4v) is 2.36. The standard InChI is InChI=1S/C18H21NO2/c20-13-7-12-17(15-8-3-1-4-9-15)14-19-18(21)16-10-5-2-6-11-16/h1-6,8-11,17,20H,7,12-14H2,(H,19,21). The summed E-state index contributed by atoms with van der Waals surface area (Å²) in [6.07, 6.45) is 1.59. The molecule has 0 saturated carbocycles. The molecule has 0 bridgehead atoms. The van der Waals surface area contributed by atoms with Crippen LogP contribution in [0, 0.1) is 0 Å². The molecule has 1 atom stereocenters. The minimum Gasteiger partial charge on any atom is -0.396 e. The van der Waals surface area contributed by atoms with Crippen molar-refractivity contribution >= 4 is 5.91 Å². The van der Waals surface area contributed by atoms with Crippen molar-refractivity contribution in [3.63, 3.8) is 0 Å². The molecule has 0 spiro atoms. The number of aliphatic hydroxyl groups is 1. The molecule has 0 aromatic heterocycles. The summed E-state index contributed by atoms with van der Waals surface area (Å²) in [4.78, 5) is 12.1. The number of nitrogens with one attached hydrogen (secondary N) is 1. The first-order valence-corrected chi connectivity index (χ1v) is 7.30. The van der Waals surface area contributed by atoms with Crippen molar-refractivity contribution in [3.8, 4) is 0 Å². The van der Waals surface area contributed by atoms with E-state index in [0.29, 0.717) is 12.1 Å². The number of aliphatic hydroxyl groups excluding tert-OH is 1.